The first kappa shape index (κ1) is 37.3. The van der Waals surface area contributed by atoms with Gasteiger partial charge in [0.05, 0.1) is 19.6 Å². The Morgan fingerprint density at radius 3 is 1.98 bits per heavy atom. The number of hydrogen-bond donors (Lipinski definition) is 7. The number of aromatic carboxylic acids is 2. The molecule has 2 aromatic rings. The van der Waals surface area contributed by atoms with Crippen molar-refractivity contribution in [3.8, 4) is 0 Å². The highest BCUT2D eigenvalue weighted by molar-refractivity contribution is 8.76. The molecule has 22 heteroatoms. The monoisotopic (exact) mass is 701 g/mol. The molecule has 0 aliphatic heterocycles. The number of rotatable bonds is 17. The molecule has 46 heavy (non-hydrogen) atoms. The van der Waals surface area contributed by atoms with Gasteiger partial charge in [0.1, 0.15) is 29.8 Å². The number of carbonyl (C=O) groups excluding carboxylic acids is 2. The van der Waals surface area contributed by atoms with Crippen LogP contribution in [0.1, 0.15) is 33.6 Å². The van der Waals surface area contributed by atoms with Crippen LogP contribution in [0.5, 0.6) is 0 Å². The van der Waals surface area contributed by atoms with E-state index in [0.717, 1.165) is 18.2 Å². The lowest BCUT2D eigenvalue weighted by atomic mass is 10.1. The van der Waals surface area contributed by atoms with E-state index in [9.17, 15) is 64.3 Å². The maximum absolute atomic E-state index is 13.5. The van der Waals surface area contributed by atoms with Crippen LogP contribution in [-0.4, -0.2) is 90.3 Å². The summed E-state index contributed by atoms with van der Waals surface area (Å²) in [7, 11) is 0.852. The summed E-state index contributed by atoms with van der Waals surface area (Å²) >= 11 is 3.99. The summed E-state index contributed by atoms with van der Waals surface area (Å²) in [5, 5.41) is 63.3. The number of carbonyl (C=O) groups is 6. The highest BCUT2D eigenvalue weighted by atomic mass is 33.1. The molecule has 0 aromatic heterocycles. The Bertz CT molecular complexity index is 1600. The number of anilines is 1. The molecule has 0 radical (unpaired) electrons. The minimum absolute atomic E-state index is 0.287. The zero-order chi connectivity index (χ0) is 34.9. The number of benzene rings is 2. The van der Waals surface area contributed by atoms with Gasteiger partial charge in [-0.2, -0.15) is 12.6 Å². The van der Waals surface area contributed by atoms with Crippen LogP contribution in [0, 0.1) is 20.2 Å². The van der Waals surface area contributed by atoms with Crippen molar-refractivity contribution >= 4 is 87.0 Å². The van der Waals surface area contributed by atoms with Crippen LogP contribution in [-0.2, 0) is 19.2 Å². The number of carboxylic acid groups (broad SMARTS) is 4. The minimum atomic E-state index is -1.87. The quantitative estimate of drug-likeness (QED) is 0.0534. The van der Waals surface area contributed by atoms with Gasteiger partial charge in [-0.05, 0) is 52.3 Å². The Hall–Kier alpha value is -4.93. The number of hydrogen-bond acceptors (Lipinski definition) is 14. The number of nitrogens with zero attached hydrogens (tertiary/aromatic N) is 3. The molecule has 0 fully saturated rings. The molecule has 0 aliphatic carbocycles. The zero-order valence-corrected chi connectivity index (χ0v) is 25.5. The average Bonchev–Trinajstić information content (AvgIpc) is 2.98. The lowest BCUT2D eigenvalue weighted by molar-refractivity contribution is -0.388. The van der Waals surface area contributed by atoms with Crippen LogP contribution in [0.4, 0.5) is 17.1 Å². The van der Waals surface area contributed by atoms with Crippen molar-refractivity contribution < 1.29 is 59.0 Å². The van der Waals surface area contributed by atoms with Crippen molar-refractivity contribution in [1.29, 1.82) is 0 Å². The van der Waals surface area contributed by atoms with Gasteiger partial charge in [-0.15, -0.1) is 0 Å². The zero-order valence-electron chi connectivity index (χ0n) is 22.9. The predicted molar refractivity (Wildman–Crippen MR) is 162 cm³/mol. The molecule has 2 amide bonds. The highest BCUT2D eigenvalue weighted by Crippen LogP contribution is 2.47. The Morgan fingerprint density at radius 1 is 0.913 bits per heavy atom. The summed E-state index contributed by atoms with van der Waals surface area (Å²) < 4.78 is 0. The number of carboxylic acids is 4. The van der Waals surface area contributed by atoms with Gasteiger partial charge in [0, 0.05) is 17.9 Å². The van der Waals surface area contributed by atoms with Gasteiger partial charge in [0.25, 0.3) is 17.3 Å². The number of thiol groups is 1. The molecule has 0 heterocycles. The molecule has 246 valence electrons. The fourth-order valence-corrected chi connectivity index (χ4v) is 6.27. The number of nitrogens with two attached hydrogens (primary N) is 1. The van der Waals surface area contributed by atoms with Gasteiger partial charge in [0.15, 0.2) is 0 Å². The van der Waals surface area contributed by atoms with Crippen LogP contribution >= 0.6 is 34.2 Å². The molecule has 2 rings (SSSR count). The van der Waals surface area contributed by atoms with Gasteiger partial charge >= 0.3 is 23.9 Å². The molecule has 0 saturated heterocycles. The summed E-state index contributed by atoms with van der Waals surface area (Å²) in [6.45, 7) is -1.14. The van der Waals surface area contributed by atoms with E-state index in [1.54, 1.807) is 0 Å². The van der Waals surface area contributed by atoms with Crippen molar-refractivity contribution in [2.24, 2.45) is 5.73 Å². The van der Waals surface area contributed by atoms with E-state index in [0.29, 0.717) is 32.6 Å². The summed E-state index contributed by atoms with van der Waals surface area (Å²) in [6, 6.07) is 1.84. The molecule has 2 unspecified atom stereocenters. The first-order chi connectivity index (χ1) is 21.5. The van der Waals surface area contributed by atoms with Gasteiger partial charge in [-0.1, -0.05) is 6.07 Å². The highest BCUT2D eigenvalue weighted by Gasteiger charge is 2.33. The maximum Gasteiger partial charge on any atom is 0.342 e. The van der Waals surface area contributed by atoms with Crippen LogP contribution in [0.25, 0.3) is 0 Å². The number of nitrogens with one attached hydrogen (secondary N) is 1. The van der Waals surface area contributed by atoms with E-state index in [1.807, 2.05) is 0 Å². The second kappa shape index (κ2) is 16.4. The molecule has 0 saturated carbocycles. The molecule has 19 nitrogen and oxygen atoms in total. The van der Waals surface area contributed by atoms with Crippen LogP contribution in [0.15, 0.2) is 40.1 Å². The SMILES string of the molecule is NC(CCC(=O)NC(CS)C(=O)N(CC(=O)O)c1cc(SSc2cccc(C(=O)O)c2[N+](=O)[O-])c([N+](=O)[O-])c(C(=O)O)c1)C(=O)O. The summed E-state index contributed by atoms with van der Waals surface area (Å²) in [4.78, 5) is 93.3. The third-order valence-electron chi connectivity index (χ3n) is 5.79. The molecule has 2 atom stereocenters. The van der Waals surface area contributed by atoms with E-state index in [1.165, 1.54) is 6.07 Å². The number of nitro benzene ring substituents is 2. The smallest absolute Gasteiger partial charge is 0.342 e. The van der Waals surface area contributed by atoms with Crippen molar-refractivity contribution in [2.45, 2.75) is 34.7 Å². The van der Waals surface area contributed by atoms with Crippen molar-refractivity contribution in [2.75, 3.05) is 17.2 Å². The first-order valence-corrected chi connectivity index (χ1v) is 15.1. The van der Waals surface area contributed by atoms with Crippen LogP contribution in [0.3, 0.4) is 0 Å². The summed E-state index contributed by atoms with van der Waals surface area (Å²) in [5.41, 5.74) is 1.28. The minimum Gasteiger partial charge on any atom is -0.480 e. The van der Waals surface area contributed by atoms with E-state index < -0.39 is 109 Å². The number of aliphatic carboxylic acids is 2. The van der Waals surface area contributed by atoms with Crippen LogP contribution in [0.2, 0.25) is 0 Å². The second-order valence-corrected chi connectivity index (χ2v) is 11.5. The lowest BCUT2D eigenvalue weighted by Crippen LogP contribution is -2.51. The molecule has 0 spiro atoms. The maximum atomic E-state index is 13.5. The first-order valence-electron chi connectivity index (χ1n) is 12.3. The Morgan fingerprint density at radius 2 is 1.48 bits per heavy atom. The van der Waals surface area contributed by atoms with Crippen LogP contribution < -0.4 is 16.0 Å². The second-order valence-electron chi connectivity index (χ2n) is 8.89. The van der Waals surface area contributed by atoms with E-state index in [4.69, 9.17) is 10.8 Å². The van der Waals surface area contributed by atoms with Crippen molar-refractivity contribution in [3.63, 3.8) is 0 Å². The standard InChI is InChI=1S/C24H23N5O14S3/c25-13(24(38)39)4-5-17(30)26-14(9-44)21(33)27(8-18(31)32)10-6-12(23(36)37)20(29(42)43)16(7-10)46-45-15-3-1-2-11(22(34)35)19(15)28(40)41/h1-3,6-7,13-14,44H,4-5,8-9,25H2,(H,26,30)(H,31,32)(H,34,35)(H,36,37)(H,38,39). The van der Waals surface area contributed by atoms with Crippen molar-refractivity contribution in [3.05, 3.63) is 61.7 Å². The number of nitro groups is 2. The molecule has 7 N–H and O–H groups in total. The Labute approximate surface area is 270 Å². The average molecular weight is 702 g/mol. The summed E-state index contributed by atoms with van der Waals surface area (Å²) in [6.07, 6.45) is -0.762. The normalized spacial score (nSPS) is 12.0. The number of para-hydroxylation sites is 1. The fraction of sp³-hybridized carbons (Fsp3) is 0.250. The van der Waals surface area contributed by atoms with Gasteiger partial charge in [0.2, 0.25) is 5.91 Å². The molecular formula is C24H23N5O14S3. The van der Waals surface area contributed by atoms with Gasteiger partial charge in [-0.25, -0.2) is 9.59 Å². The lowest BCUT2D eigenvalue weighted by Gasteiger charge is -2.26. The Balaban J connectivity index is 2.62. The molecular weight excluding hydrogens is 678 g/mol. The van der Waals surface area contributed by atoms with E-state index >= 15 is 0 Å². The third-order valence-corrected chi connectivity index (χ3v) is 8.57. The van der Waals surface area contributed by atoms with E-state index in [-0.39, 0.29) is 11.3 Å². The molecule has 0 aliphatic rings. The fourth-order valence-electron chi connectivity index (χ4n) is 3.69. The largest absolute Gasteiger partial charge is 0.480 e. The van der Waals surface area contributed by atoms with Crippen molar-refractivity contribution in [1.82, 2.24) is 5.32 Å². The summed E-state index contributed by atoms with van der Waals surface area (Å²) in [5.74, 6) is -8.94. The predicted octanol–water partition coefficient (Wildman–Crippen LogP) is 1.72. The molecule has 2 aromatic carbocycles. The third kappa shape index (κ3) is 9.53. The topological polar surface area (TPSA) is 311 Å². The Kier molecular flexibility index (Phi) is 13.3. The molecule has 0 bridgehead atoms. The number of amides is 2. The van der Waals surface area contributed by atoms with Gasteiger partial charge in [-0.3, -0.25) is 44.3 Å². The van der Waals surface area contributed by atoms with E-state index in [2.05, 4.69) is 17.9 Å². The van der Waals surface area contributed by atoms with Gasteiger partial charge < -0.3 is 31.5 Å².